The Labute approximate surface area is 204 Å². The summed E-state index contributed by atoms with van der Waals surface area (Å²) in [6, 6.07) is 15.1. The lowest BCUT2D eigenvalue weighted by molar-refractivity contribution is -0.136. The number of esters is 2. The number of aryl methyl sites for hydroxylation is 1. The molecule has 2 aromatic carbocycles. The third kappa shape index (κ3) is 5.44. The summed E-state index contributed by atoms with van der Waals surface area (Å²) in [4.78, 5) is 50.2. The molecule has 178 valence electrons. The molecule has 1 heterocycles. The molecule has 4 rings (SSSR count). The van der Waals surface area contributed by atoms with Gasteiger partial charge in [0, 0.05) is 10.4 Å². The highest BCUT2D eigenvalue weighted by atomic mass is 32.1. The number of hydrazone groups is 1. The highest BCUT2D eigenvalue weighted by Crippen LogP contribution is 2.39. The van der Waals surface area contributed by atoms with E-state index < -0.39 is 23.8 Å². The molecular formula is C25H21N3O6S. The predicted molar refractivity (Wildman–Crippen MR) is 130 cm³/mol. The Balaban J connectivity index is 1.40. The largest absolute Gasteiger partial charge is 0.465 e. The normalized spacial score (nSPS) is 12.1. The predicted octanol–water partition coefficient (Wildman–Crippen LogP) is 3.33. The summed E-state index contributed by atoms with van der Waals surface area (Å²) in [7, 11) is 1.27. The number of thiophene rings is 1. The van der Waals surface area contributed by atoms with Gasteiger partial charge in [0.2, 0.25) is 0 Å². The van der Waals surface area contributed by atoms with Crippen molar-refractivity contribution >= 4 is 46.3 Å². The van der Waals surface area contributed by atoms with E-state index in [-0.39, 0.29) is 10.8 Å². The summed E-state index contributed by atoms with van der Waals surface area (Å²) in [6.45, 7) is 0. The average molecular weight is 492 g/mol. The van der Waals surface area contributed by atoms with Crippen LogP contribution in [0.5, 0.6) is 5.75 Å². The van der Waals surface area contributed by atoms with Gasteiger partial charge in [0.1, 0.15) is 10.8 Å². The maximum Gasteiger partial charge on any atom is 0.343 e. The number of hydrogen-bond acceptors (Lipinski definition) is 8. The Morgan fingerprint density at radius 1 is 0.943 bits per heavy atom. The SMILES string of the molecule is COC(=O)c1c(NC(=O)C(=O)N/N=C/c2ccccc2OC(=O)c2ccccc2)sc2c1CCC2. The van der Waals surface area contributed by atoms with Crippen LogP contribution in [0.15, 0.2) is 59.7 Å². The minimum atomic E-state index is -1.02. The van der Waals surface area contributed by atoms with E-state index in [1.54, 1.807) is 54.6 Å². The van der Waals surface area contributed by atoms with E-state index in [9.17, 15) is 19.2 Å². The molecule has 0 saturated heterocycles. The number of rotatable bonds is 6. The van der Waals surface area contributed by atoms with Crippen LogP contribution < -0.4 is 15.5 Å². The monoisotopic (exact) mass is 491 g/mol. The quantitative estimate of drug-likeness (QED) is 0.179. The Kier molecular flexibility index (Phi) is 7.32. The summed E-state index contributed by atoms with van der Waals surface area (Å²) in [5, 5.41) is 6.57. The molecule has 0 aliphatic heterocycles. The fourth-order valence-corrected chi connectivity index (χ4v) is 4.87. The van der Waals surface area contributed by atoms with E-state index in [4.69, 9.17) is 9.47 Å². The van der Waals surface area contributed by atoms with Crippen molar-refractivity contribution in [1.82, 2.24) is 5.43 Å². The van der Waals surface area contributed by atoms with E-state index in [2.05, 4.69) is 15.8 Å². The molecule has 0 atom stereocenters. The molecule has 0 spiro atoms. The maximum atomic E-state index is 12.4. The van der Waals surface area contributed by atoms with E-state index in [1.807, 2.05) is 0 Å². The van der Waals surface area contributed by atoms with Gasteiger partial charge in [-0.1, -0.05) is 30.3 Å². The Morgan fingerprint density at radius 2 is 1.69 bits per heavy atom. The summed E-state index contributed by atoms with van der Waals surface area (Å²) < 4.78 is 10.3. The smallest absolute Gasteiger partial charge is 0.343 e. The zero-order valence-corrected chi connectivity index (χ0v) is 19.5. The van der Waals surface area contributed by atoms with Crippen molar-refractivity contribution in [3.8, 4) is 5.75 Å². The first-order valence-corrected chi connectivity index (χ1v) is 11.5. The number of ether oxygens (including phenoxy) is 2. The molecule has 1 aliphatic carbocycles. The summed E-state index contributed by atoms with van der Waals surface area (Å²) >= 11 is 1.26. The van der Waals surface area contributed by atoms with Crippen molar-refractivity contribution in [2.75, 3.05) is 12.4 Å². The second kappa shape index (κ2) is 10.7. The molecule has 0 bridgehead atoms. The van der Waals surface area contributed by atoms with Crippen LogP contribution in [0.4, 0.5) is 5.00 Å². The number of carbonyl (C=O) groups excluding carboxylic acids is 4. The molecule has 9 nitrogen and oxygen atoms in total. The van der Waals surface area contributed by atoms with Crippen molar-refractivity contribution in [1.29, 1.82) is 0 Å². The van der Waals surface area contributed by atoms with Crippen molar-refractivity contribution in [2.24, 2.45) is 5.10 Å². The number of benzene rings is 2. The number of fused-ring (bicyclic) bond motifs is 1. The fourth-order valence-electron chi connectivity index (χ4n) is 3.59. The Morgan fingerprint density at radius 3 is 2.46 bits per heavy atom. The molecule has 0 radical (unpaired) electrons. The van der Waals surface area contributed by atoms with Crippen LogP contribution in [-0.2, 0) is 27.2 Å². The lowest BCUT2D eigenvalue weighted by Crippen LogP contribution is -2.32. The van der Waals surface area contributed by atoms with Crippen LogP contribution in [-0.4, -0.2) is 37.1 Å². The Bertz CT molecular complexity index is 1320. The second-order valence-electron chi connectivity index (χ2n) is 7.50. The third-order valence-corrected chi connectivity index (χ3v) is 6.45. The molecule has 0 unspecified atom stereocenters. The third-order valence-electron chi connectivity index (χ3n) is 5.25. The maximum absolute atomic E-state index is 12.4. The van der Waals surface area contributed by atoms with Gasteiger partial charge in [0.25, 0.3) is 0 Å². The molecule has 1 aliphatic rings. The van der Waals surface area contributed by atoms with Gasteiger partial charge in [-0.2, -0.15) is 5.10 Å². The van der Waals surface area contributed by atoms with E-state index >= 15 is 0 Å². The molecule has 0 fully saturated rings. The minimum Gasteiger partial charge on any atom is -0.465 e. The van der Waals surface area contributed by atoms with Crippen molar-refractivity contribution in [3.05, 3.63) is 81.7 Å². The standard InChI is InChI=1S/C25H21N3O6S/c1-33-25(32)20-17-11-7-13-19(17)35-23(20)27-21(29)22(30)28-26-14-16-10-5-6-12-18(16)34-24(31)15-8-3-2-4-9-15/h2-6,8-10,12,14H,7,11,13H2,1H3,(H,27,29)(H,28,30)/b26-14+. The molecule has 2 amide bonds. The van der Waals surface area contributed by atoms with Crippen LogP contribution in [0.3, 0.4) is 0 Å². The van der Waals surface area contributed by atoms with Crippen LogP contribution in [0, 0.1) is 0 Å². The highest BCUT2D eigenvalue weighted by Gasteiger charge is 2.29. The fraction of sp³-hybridized carbons (Fsp3) is 0.160. The van der Waals surface area contributed by atoms with Crippen LogP contribution in [0.1, 0.15) is 43.1 Å². The first-order chi connectivity index (χ1) is 17.0. The van der Waals surface area contributed by atoms with Gasteiger partial charge < -0.3 is 14.8 Å². The molecule has 0 saturated carbocycles. The molecular weight excluding hydrogens is 470 g/mol. The van der Waals surface area contributed by atoms with Gasteiger partial charge in [-0.25, -0.2) is 15.0 Å². The minimum absolute atomic E-state index is 0.236. The number of anilines is 1. The van der Waals surface area contributed by atoms with E-state index in [1.165, 1.54) is 24.7 Å². The van der Waals surface area contributed by atoms with Gasteiger partial charge in [0.05, 0.1) is 24.5 Å². The first kappa shape index (κ1) is 23.8. The van der Waals surface area contributed by atoms with Crippen LogP contribution >= 0.6 is 11.3 Å². The van der Waals surface area contributed by atoms with E-state index in [0.29, 0.717) is 16.7 Å². The summed E-state index contributed by atoms with van der Waals surface area (Å²) in [5.74, 6) is -2.86. The van der Waals surface area contributed by atoms with Crippen molar-refractivity contribution in [3.63, 3.8) is 0 Å². The van der Waals surface area contributed by atoms with Gasteiger partial charge in [0.15, 0.2) is 0 Å². The van der Waals surface area contributed by atoms with Gasteiger partial charge >= 0.3 is 23.8 Å². The second-order valence-corrected chi connectivity index (χ2v) is 8.60. The molecule has 35 heavy (non-hydrogen) atoms. The van der Waals surface area contributed by atoms with Crippen molar-refractivity contribution < 1.29 is 28.7 Å². The number of methoxy groups -OCH3 is 1. The van der Waals surface area contributed by atoms with Crippen molar-refractivity contribution in [2.45, 2.75) is 19.3 Å². The van der Waals surface area contributed by atoms with Gasteiger partial charge in [-0.3, -0.25) is 9.59 Å². The highest BCUT2D eigenvalue weighted by molar-refractivity contribution is 7.17. The molecule has 10 heteroatoms. The number of amides is 2. The van der Waals surface area contributed by atoms with Crippen LogP contribution in [0.25, 0.3) is 0 Å². The zero-order valence-electron chi connectivity index (χ0n) is 18.7. The summed E-state index contributed by atoms with van der Waals surface area (Å²) in [6.07, 6.45) is 3.72. The lowest BCUT2D eigenvalue weighted by atomic mass is 10.1. The molecule has 2 N–H and O–H groups in total. The van der Waals surface area contributed by atoms with Gasteiger partial charge in [-0.05, 0) is 49.1 Å². The number of carbonyl (C=O) groups is 4. The Hall–Kier alpha value is -4.31. The van der Waals surface area contributed by atoms with Gasteiger partial charge in [-0.15, -0.1) is 11.3 Å². The number of nitrogens with one attached hydrogen (secondary N) is 2. The molecule has 3 aromatic rings. The topological polar surface area (TPSA) is 123 Å². The van der Waals surface area contributed by atoms with E-state index in [0.717, 1.165) is 29.7 Å². The first-order valence-electron chi connectivity index (χ1n) is 10.7. The zero-order chi connectivity index (χ0) is 24.8. The number of para-hydroxylation sites is 1. The molecule has 1 aromatic heterocycles. The summed E-state index contributed by atoms with van der Waals surface area (Å²) in [5.41, 5.74) is 4.10. The lowest BCUT2D eigenvalue weighted by Gasteiger charge is -2.07. The average Bonchev–Trinajstić information content (AvgIpc) is 3.46. The van der Waals surface area contributed by atoms with Crippen LogP contribution in [0.2, 0.25) is 0 Å². The number of nitrogens with zero attached hydrogens (tertiary/aromatic N) is 1. The number of hydrogen-bond donors (Lipinski definition) is 2.